The van der Waals surface area contributed by atoms with Gasteiger partial charge in [-0.3, -0.25) is 0 Å². The zero-order valence-corrected chi connectivity index (χ0v) is 13.0. The maximum atomic E-state index is 11.8. The van der Waals surface area contributed by atoms with Crippen LogP contribution in [-0.2, 0) is 10.0 Å². The lowest BCUT2D eigenvalue weighted by Crippen LogP contribution is -2.39. The second-order valence-corrected chi connectivity index (χ2v) is 6.82. The lowest BCUT2D eigenvalue weighted by atomic mass is 10.3. The minimum absolute atomic E-state index is 0.0719. The Morgan fingerprint density at radius 1 is 1.30 bits per heavy atom. The molecule has 7 heteroatoms. The molecule has 1 aromatic rings. The molecule has 1 rings (SSSR count). The number of likely N-dealkylation sites (N-methyl/N-ethyl adjacent to an activating group) is 1. The van der Waals surface area contributed by atoms with Gasteiger partial charge in [-0.2, -0.15) is 0 Å². The second-order valence-electron chi connectivity index (χ2n) is 4.90. The Bertz CT molecular complexity index is 500. The number of nitrogen functional groups attached to an aromatic ring is 1. The van der Waals surface area contributed by atoms with E-state index in [1.54, 1.807) is 24.3 Å². The summed E-state index contributed by atoms with van der Waals surface area (Å²) in [5, 5.41) is 0. The molecule has 0 bridgehead atoms. The van der Waals surface area contributed by atoms with Crippen LogP contribution < -0.4 is 15.2 Å². The lowest BCUT2D eigenvalue weighted by Gasteiger charge is -2.19. The fourth-order valence-electron chi connectivity index (χ4n) is 1.34. The smallest absolute Gasteiger partial charge is 0.215 e. The average Bonchev–Trinajstić information content (AvgIpc) is 2.38. The van der Waals surface area contributed by atoms with Gasteiger partial charge in [-0.05, 0) is 45.3 Å². The van der Waals surface area contributed by atoms with Gasteiger partial charge in [-0.1, -0.05) is 0 Å². The van der Waals surface area contributed by atoms with E-state index in [0.717, 1.165) is 0 Å². The zero-order chi connectivity index (χ0) is 15.2. The van der Waals surface area contributed by atoms with Crippen LogP contribution >= 0.6 is 0 Å². The molecule has 0 aromatic heterocycles. The molecule has 6 nitrogen and oxygen atoms in total. The molecule has 0 spiro atoms. The number of hydrogen-bond acceptors (Lipinski definition) is 5. The van der Waals surface area contributed by atoms with Crippen LogP contribution in [-0.4, -0.2) is 52.4 Å². The standard InChI is InChI=1S/C13H23N3O3S/c1-11(16(2)3)10-15-20(17,18)9-8-19-13-6-4-12(14)5-7-13/h4-7,11,15H,8-10,14H2,1-3H3. The minimum Gasteiger partial charge on any atom is -0.492 e. The Morgan fingerprint density at radius 3 is 2.45 bits per heavy atom. The van der Waals surface area contributed by atoms with Crippen LogP contribution in [0.4, 0.5) is 5.69 Å². The molecule has 0 saturated heterocycles. The van der Waals surface area contributed by atoms with Crippen molar-refractivity contribution in [1.29, 1.82) is 0 Å². The van der Waals surface area contributed by atoms with Crippen molar-refractivity contribution < 1.29 is 13.2 Å². The van der Waals surface area contributed by atoms with Crippen LogP contribution in [0.25, 0.3) is 0 Å². The molecule has 0 aliphatic heterocycles. The first-order valence-corrected chi connectivity index (χ1v) is 8.07. The van der Waals surface area contributed by atoms with Crippen LogP contribution in [0.5, 0.6) is 5.75 Å². The van der Waals surface area contributed by atoms with Crippen molar-refractivity contribution in [2.24, 2.45) is 0 Å². The summed E-state index contributed by atoms with van der Waals surface area (Å²) in [6.45, 7) is 2.44. The number of anilines is 1. The molecule has 3 N–H and O–H groups in total. The van der Waals surface area contributed by atoms with E-state index in [2.05, 4.69) is 4.72 Å². The quantitative estimate of drug-likeness (QED) is 0.684. The topological polar surface area (TPSA) is 84.7 Å². The van der Waals surface area contributed by atoms with Crippen LogP contribution in [0, 0.1) is 0 Å². The van der Waals surface area contributed by atoms with Crippen molar-refractivity contribution in [2.75, 3.05) is 38.7 Å². The van der Waals surface area contributed by atoms with Crippen molar-refractivity contribution in [1.82, 2.24) is 9.62 Å². The Morgan fingerprint density at radius 2 is 1.90 bits per heavy atom. The number of nitrogens with two attached hydrogens (primary N) is 1. The van der Waals surface area contributed by atoms with Gasteiger partial charge in [0.15, 0.2) is 0 Å². The van der Waals surface area contributed by atoms with Crippen LogP contribution in [0.2, 0.25) is 0 Å². The third-order valence-corrected chi connectivity index (χ3v) is 4.29. The average molecular weight is 301 g/mol. The summed E-state index contributed by atoms with van der Waals surface area (Å²) in [4.78, 5) is 1.95. The lowest BCUT2D eigenvalue weighted by molar-refractivity contribution is 0.312. The summed E-state index contributed by atoms with van der Waals surface area (Å²) in [7, 11) is 0.497. The Kier molecular flexibility index (Phi) is 6.25. The monoisotopic (exact) mass is 301 g/mol. The third-order valence-electron chi connectivity index (χ3n) is 2.98. The Labute approximate surface area is 121 Å². The van der Waals surface area contributed by atoms with Gasteiger partial charge >= 0.3 is 0 Å². The molecule has 0 amide bonds. The summed E-state index contributed by atoms with van der Waals surface area (Å²) < 4.78 is 31.5. The van der Waals surface area contributed by atoms with Crippen molar-refractivity contribution >= 4 is 15.7 Å². The molecule has 1 atom stereocenters. The van der Waals surface area contributed by atoms with E-state index >= 15 is 0 Å². The van der Waals surface area contributed by atoms with Gasteiger partial charge in [0.05, 0.1) is 5.75 Å². The number of nitrogens with one attached hydrogen (secondary N) is 1. The van der Waals surface area contributed by atoms with E-state index in [1.807, 2.05) is 25.9 Å². The van der Waals surface area contributed by atoms with E-state index in [1.165, 1.54) is 0 Å². The predicted octanol–water partition coefficient (Wildman–Crippen LogP) is 0.517. The first-order valence-electron chi connectivity index (χ1n) is 6.42. The largest absolute Gasteiger partial charge is 0.492 e. The van der Waals surface area contributed by atoms with Crippen LogP contribution in [0.15, 0.2) is 24.3 Å². The second kappa shape index (κ2) is 7.47. The number of nitrogens with zero attached hydrogens (tertiary/aromatic N) is 1. The molecule has 0 aliphatic rings. The molecule has 1 aromatic carbocycles. The number of benzene rings is 1. The summed E-state index contributed by atoms with van der Waals surface area (Å²) >= 11 is 0. The molecular weight excluding hydrogens is 278 g/mol. The van der Waals surface area contributed by atoms with E-state index < -0.39 is 10.0 Å². The maximum Gasteiger partial charge on any atom is 0.215 e. The van der Waals surface area contributed by atoms with Gasteiger partial charge in [-0.15, -0.1) is 0 Å². The Balaban J connectivity index is 2.34. The van der Waals surface area contributed by atoms with E-state index in [9.17, 15) is 8.42 Å². The summed E-state index contributed by atoms with van der Waals surface area (Å²) in [5.74, 6) is 0.536. The highest BCUT2D eigenvalue weighted by atomic mass is 32.2. The van der Waals surface area contributed by atoms with Gasteiger partial charge in [0.25, 0.3) is 0 Å². The summed E-state index contributed by atoms with van der Waals surface area (Å²) in [6.07, 6.45) is 0. The molecule has 0 saturated carbocycles. The van der Waals surface area contributed by atoms with Crippen LogP contribution in [0.3, 0.4) is 0 Å². The van der Waals surface area contributed by atoms with Crippen LogP contribution in [0.1, 0.15) is 6.92 Å². The SMILES string of the molecule is CC(CNS(=O)(=O)CCOc1ccc(N)cc1)N(C)C. The Hall–Kier alpha value is -1.31. The first kappa shape index (κ1) is 16.7. The highest BCUT2D eigenvalue weighted by Gasteiger charge is 2.13. The summed E-state index contributed by atoms with van der Waals surface area (Å²) in [5.41, 5.74) is 6.19. The zero-order valence-electron chi connectivity index (χ0n) is 12.2. The number of sulfonamides is 1. The number of rotatable bonds is 8. The van der Waals surface area contributed by atoms with Crippen molar-refractivity contribution in [2.45, 2.75) is 13.0 Å². The highest BCUT2D eigenvalue weighted by molar-refractivity contribution is 7.89. The molecule has 114 valence electrons. The molecule has 20 heavy (non-hydrogen) atoms. The molecule has 0 aliphatic carbocycles. The summed E-state index contributed by atoms with van der Waals surface area (Å²) in [6, 6.07) is 6.98. The first-order chi connectivity index (χ1) is 9.30. The fraction of sp³-hybridized carbons (Fsp3) is 0.538. The van der Waals surface area contributed by atoms with E-state index in [-0.39, 0.29) is 18.4 Å². The normalized spacial score (nSPS) is 13.4. The third kappa shape index (κ3) is 6.23. The highest BCUT2D eigenvalue weighted by Crippen LogP contribution is 2.12. The predicted molar refractivity (Wildman–Crippen MR) is 81.3 cm³/mol. The molecular formula is C13H23N3O3S. The minimum atomic E-state index is -3.31. The van der Waals surface area contributed by atoms with Crippen molar-refractivity contribution in [3.8, 4) is 5.75 Å². The van der Waals surface area contributed by atoms with Gasteiger partial charge in [0.1, 0.15) is 12.4 Å². The molecule has 0 radical (unpaired) electrons. The fourth-order valence-corrected chi connectivity index (χ4v) is 2.28. The number of hydrogen-bond donors (Lipinski definition) is 2. The van der Waals surface area contributed by atoms with Crippen molar-refractivity contribution in [3.63, 3.8) is 0 Å². The van der Waals surface area contributed by atoms with Crippen molar-refractivity contribution in [3.05, 3.63) is 24.3 Å². The van der Waals surface area contributed by atoms with Gasteiger partial charge < -0.3 is 15.4 Å². The van der Waals surface area contributed by atoms with E-state index in [0.29, 0.717) is 18.0 Å². The van der Waals surface area contributed by atoms with E-state index in [4.69, 9.17) is 10.5 Å². The van der Waals surface area contributed by atoms with Gasteiger partial charge in [-0.25, -0.2) is 13.1 Å². The molecule has 0 fully saturated rings. The van der Waals surface area contributed by atoms with Gasteiger partial charge in [0.2, 0.25) is 10.0 Å². The van der Waals surface area contributed by atoms with Gasteiger partial charge in [0, 0.05) is 18.3 Å². The molecule has 1 unspecified atom stereocenters. The number of ether oxygens (including phenoxy) is 1. The molecule has 0 heterocycles. The maximum absolute atomic E-state index is 11.8.